The van der Waals surface area contributed by atoms with Gasteiger partial charge in [0.1, 0.15) is 11.6 Å². The van der Waals surface area contributed by atoms with Crippen LogP contribution < -0.4 is 5.32 Å². The summed E-state index contributed by atoms with van der Waals surface area (Å²) in [5, 5.41) is 11.7. The average molecular weight is 451 g/mol. The molecule has 5 nitrogen and oxygen atoms in total. The number of halogens is 2. The number of hydrogen-bond acceptors (Lipinski definition) is 4. The zero-order chi connectivity index (χ0) is 22.3. The summed E-state index contributed by atoms with van der Waals surface area (Å²) in [5.74, 6) is -0.380. The van der Waals surface area contributed by atoms with Crippen molar-refractivity contribution in [1.82, 2.24) is 20.1 Å². The molecule has 4 rings (SSSR count). The Kier molecular flexibility index (Phi) is 6.91. The van der Waals surface area contributed by atoms with Crippen molar-refractivity contribution in [3.8, 4) is 11.4 Å². The molecule has 0 unspecified atom stereocenters. The number of rotatable bonds is 8. The Hall–Kier alpha value is -3.52. The summed E-state index contributed by atoms with van der Waals surface area (Å²) < 4.78 is 29.2. The van der Waals surface area contributed by atoms with Gasteiger partial charge >= 0.3 is 0 Å². The minimum atomic E-state index is -0.386. The Labute approximate surface area is 188 Å². The third-order valence-electron chi connectivity index (χ3n) is 4.75. The molecule has 0 fully saturated rings. The fourth-order valence-corrected chi connectivity index (χ4v) is 3.90. The third kappa shape index (κ3) is 5.39. The van der Waals surface area contributed by atoms with Crippen molar-refractivity contribution >= 4 is 17.7 Å². The van der Waals surface area contributed by atoms with E-state index in [0.717, 1.165) is 11.1 Å². The molecular weight excluding hydrogens is 430 g/mol. The second-order valence-corrected chi connectivity index (χ2v) is 7.99. The molecule has 0 aliphatic heterocycles. The van der Waals surface area contributed by atoms with E-state index in [-0.39, 0.29) is 23.3 Å². The predicted molar refractivity (Wildman–Crippen MR) is 120 cm³/mol. The molecule has 1 N–H and O–H groups in total. The standard InChI is InChI=1S/C24H20F2N4OS/c25-19-12-10-17(11-13-19)14-27-22(31)16-32-24-29-28-23(20-8-4-5-9-21(20)26)30(24)15-18-6-2-1-3-7-18/h1-13H,14-16H2,(H,27,31). The van der Waals surface area contributed by atoms with E-state index in [4.69, 9.17) is 0 Å². The summed E-state index contributed by atoms with van der Waals surface area (Å²) in [6.07, 6.45) is 0. The molecule has 4 aromatic rings. The first kappa shape index (κ1) is 21.7. The monoisotopic (exact) mass is 450 g/mol. The van der Waals surface area contributed by atoms with Crippen LogP contribution in [0.5, 0.6) is 0 Å². The molecule has 0 saturated carbocycles. The molecule has 1 aromatic heterocycles. The van der Waals surface area contributed by atoms with Gasteiger partial charge in [-0.25, -0.2) is 8.78 Å². The van der Waals surface area contributed by atoms with Crippen LogP contribution in [-0.2, 0) is 17.9 Å². The van der Waals surface area contributed by atoms with Crippen molar-refractivity contribution in [2.24, 2.45) is 0 Å². The molecule has 162 valence electrons. The maximum Gasteiger partial charge on any atom is 0.230 e. The lowest BCUT2D eigenvalue weighted by molar-refractivity contribution is -0.118. The van der Waals surface area contributed by atoms with Gasteiger partial charge in [0.15, 0.2) is 11.0 Å². The molecule has 8 heteroatoms. The lowest BCUT2D eigenvalue weighted by Gasteiger charge is -2.11. The molecule has 0 aliphatic carbocycles. The predicted octanol–water partition coefficient (Wildman–Crippen LogP) is 4.68. The van der Waals surface area contributed by atoms with E-state index in [1.165, 1.54) is 30.0 Å². The van der Waals surface area contributed by atoms with Crippen molar-refractivity contribution in [2.45, 2.75) is 18.2 Å². The molecule has 0 bridgehead atoms. The maximum atomic E-state index is 14.4. The van der Waals surface area contributed by atoms with Crippen molar-refractivity contribution in [2.75, 3.05) is 5.75 Å². The zero-order valence-electron chi connectivity index (χ0n) is 17.0. The van der Waals surface area contributed by atoms with E-state index < -0.39 is 0 Å². The van der Waals surface area contributed by atoms with Gasteiger partial charge in [0.25, 0.3) is 0 Å². The number of nitrogens with zero attached hydrogens (tertiary/aromatic N) is 3. The van der Waals surface area contributed by atoms with E-state index in [9.17, 15) is 13.6 Å². The van der Waals surface area contributed by atoms with Crippen LogP contribution in [0.3, 0.4) is 0 Å². The van der Waals surface area contributed by atoms with E-state index >= 15 is 0 Å². The molecule has 3 aromatic carbocycles. The van der Waals surface area contributed by atoms with Gasteiger partial charge in [0.05, 0.1) is 17.9 Å². The van der Waals surface area contributed by atoms with Crippen LogP contribution >= 0.6 is 11.8 Å². The van der Waals surface area contributed by atoms with E-state index in [1.54, 1.807) is 30.3 Å². The Balaban J connectivity index is 1.49. The summed E-state index contributed by atoms with van der Waals surface area (Å²) in [6.45, 7) is 0.744. The first-order valence-corrected chi connectivity index (χ1v) is 10.9. The molecule has 32 heavy (non-hydrogen) atoms. The maximum absolute atomic E-state index is 14.4. The normalized spacial score (nSPS) is 10.8. The van der Waals surface area contributed by atoms with Crippen LogP contribution in [0, 0.1) is 11.6 Å². The van der Waals surface area contributed by atoms with Crippen LogP contribution in [0.25, 0.3) is 11.4 Å². The van der Waals surface area contributed by atoms with Gasteiger partial charge in [-0.05, 0) is 35.4 Å². The largest absolute Gasteiger partial charge is 0.351 e. The number of hydrogen-bond donors (Lipinski definition) is 1. The third-order valence-corrected chi connectivity index (χ3v) is 5.72. The minimum Gasteiger partial charge on any atom is -0.351 e. The highest BCUT2D eigenvalue weighted by atomic mass is 32.2. The summed E-state index contributed by atoms with van der Waals surface area (Å²) in [5.41, 5.74) is 2.16. The molecule has 1 amide bonds. The highest BCUT2D eigenvalue weighted by Crippen LogP contribution is 2.27. The van der Waals surface area contributed by atoms with Crippen molar-refractivity contribution < 1.29 is 13.6 Å². The number of thioether (sulfide) groups is 1. The first-order chi connectivity index (χ1) is 15.6. The molecule has 0 radical (unpaired) electrons. The minimum absolute atomic E-state index is 0.116. The Morgan fingerprint density at radius 1 is 0.875 bits per heavy atom. The SMILES string of the molecule is O=C(CSc1nnc(-c2ccccc2F)n1Cc1ccccc1)NCc1ccc(F)cc1. The van der Waals surface area contributed by atoms with Gasteiger partial charge in [-0.2, -0.15) is 0 Å². The number of benzene rings is 3. The van der Waals surface area contributed by atoms with Crippen molar-refractivity contribution in [1.29, 1.82) is 0 Å². The van der Waals surface area contributed by atoms with Gasteiger partial charge in [0, 0.05) is 6.54 Å². The highest BCUT2D eigenvalue weighted by molar-refractivity contribution is 7.99. The summed E-state index contributed by atoms with van der Waals surface area (Å²) in [7, 11) is 0. The first-order valence-electron chi connectivity index (χ1n) is 9.96. The fraction of sp³-hybridized carbons (Fsp3) is 0.125. The average Bonchev–Trinajstić information content (AvgIpc) is 3.20. The van der Waals surface area contributed by atoms with Gasteiger partial charge in [0.2, 0.25) is 5.91 Å². The number of amides is 1. The second kappa shape index (κ2) is 10.2. The van der Waals surface area contributed by atoms with Crippen LogP contribution in [0.15, 0.2) is 84.0 Å². The van der Waals surface area contributed by atoms with Crippen LogP contribution in [0.1, 0.15) is 11.1 Å². The van der Waals surface area contributed by atoms with Crippen LogP contribution in [0.4, 0.5) is 8.78 Å². The Bertz CT molecular complexity index is 1200. The summed E-state index contributed by atoms with van der Waals surface area (Å²) in [6, 6.07) is 22.1. The second-order valence-electron chi connectivity index (χ2n) is 7.05. The van der Waals surface area contributed by atoms with Gasteiger partial charge in [-0.1, -0.05) is 66.4 Å². The van der Waals surface area contributed by atoms with Gasteiger partial charge in [-0.3, -0.25) is 9.36 Å². The lowest BCUT2D eigenvalue weighted by atomic mass is 10.2. The van der Waals surface area contributed by atoms with E-state index in [1.807, 2.05) is 34.9 Å². The lowest BCUT2D eigenvalue weighted by Crippen LogP contribution is -2.24. The highest BCUT2D eigenvalue weighted by Gasteiger charge is 2.18. The van der Waals surface area contributed by atoms with Crippen LogP contribution in [0.2, 0.25) is 0 Å². The van der Waals surface area contributed by atoms with Gasteiger partial charge < -0.3 is 5.32 Å². The summed E-state index contributed by atoms with van der Waals surface area (Å²) in [4.78, 5) is 12.3. The number of carbonyl (C=O) groups is 1. The van der Waals surface area contributed by atoms with Gasteiger partial charge in [-0.15, -0.1) is 10.2 Å². The van der Waals surface area contributed by atoms with Crippen LogP contribution in [-0.4, -0.2) is 26.4 Å². The van der Waals surface area contributed by atoms with Crippen molar-refractivity contribution in [3.63, 3.8) is 0 Å². The molecule has 1 heterocycles. The smallest absolute Gasteiger partial charge is 0.230 e. The molecule has 0 aliphatic rings. The fourth-order valence-electron chi connectivity index (χ4n) is 3.13. The molecular formula is C24H20F2N4OS. The molecule has 0 spiro atoms. The van der Waals surface area contributed by atoms with E-state index in [2.05, 4.69) is 15.5 Å². The number of carbonyl (C=O) groups excluding carboxylic acids is 1. The molecule has 0 saturated heterocycles. The van der Waals surface area contributed by atoms with Crippen molar-refractivity contribution in [3.05, 3.63) is 102 Å². The topological polar surface area (TPSA) is 59.8 Å². The van der Waals surface area contributed by atoms with E-state index in [0.29, 0.717) is 29.6 Å². The summed E-state index contributed by atoms with van der Waals surface area (Å²) >= 11 is 1.23. The quantitative estimate of drug-likeness (QED) is 0.396. The Morgan fingerprint density at radius 2 is 1.59 bits per heavy atom. The number of nitrogens with one attached hydrogen (secondary N) is 1. The number of aromatic nitrogens is 3. The molecule has 0 atom stereocenters. The zero-order valence-corrected chi connectivity index (χ0v) is 17.9. The Morgan fingerprint density at radius 3 is 2.34 bits per heavy atom.